The van der Waals surface area contributed by atoms with Gasteiger partial charge in [0, 0.05) is 13.7 Å². The monoisotopic (exact) mass is 416 g/mol. The van der Waals surface area contributed by atoms with Crippen LogP contribution >= 0.6 is 0 Å². The highest BCUT2D eigenvalue weighted by atomic mass is 16.5. The Morgan fingerprint density at radius 3 is 2.67 bits per heavy atom. The highest BCUT2D eigenvalue weighted by Crippen LogP contribution is 2.30. The van der Waals surface area contributed by atoms with E-state index in [1.165, 1.54) is 7.11 Å². The number of primary amides is 1. The molecule has 1 atom stereocenters. The molecule has 166 valence electrons. The lowest BCUT2D eigenvalue weighted by atomic mass is 9.95. The van der Waals surface area contributed by atoms with Gasteiger partial charge in [-0.3, -0.25) is 9.59 Å². The first-order valence-electron chi connectivity index (χ1n) is 10.3. The summed E-state index contributed by atoms with van der Waals surface area (Å²) in [5.74, 6) is 0.474. The lowest BCUT2D eigenvalue weighted by molar-refractivity contribution is -0.128. The summed E-state index contributed by atoms with van der Waals surface area (Å²) in [6, 6.07) is 7.57. The van der Waals surface area contributed by atoms with Gasteiger partial charge in [0.05, 0.1) is 18.7 Å². The summed E-state index contributed by atoms with van der Waals surface area (Å²) < 4.78 is 10.5. The zero-order chi connectivity index (χ0) is 22.6. The molecule has 2 amide bonds. The van der Waals surface area contributed by atoms with E-state index in [4.69, 9.17) is 15.2 Å². The maximum absolute atomic E-state index is 11.8. The zero-order valence-electron chi connectivity index (χ0n) is 18.7. The molecule has 0 saturated carbocycles. The van der Waals surface area contributed by atoms with Gasteiger partial charge in [-0.05, 0) is 36.8 Å². The molecule has 1 aromatic rings. The number of amides is 2. The predicted octanol–water partition coefficient (Wildman–Crippen LogP) is 4.25. The Bertz CT molecular complexity index is 722. The maximum atomic E-state index is 11.8. The normalized spacial score (nSPS) is 14.8. The Balaban J connectivity index is 0.000000300. The molecule has 1 aromatic carbocycles. The number of carbonyl (C=O) groups excluding carboxylic acids is 2. The van der Waals surface area contributed by atoms with E-state index in [-0.39, 0.29) is 17.2 Å². The number of methoxy groups -OCH3 is 1. The molecule has 6 nitrogen and oxygen atoms in total. The summed E-state index contributed by atoms with van der Waals surface area (Å²) in [5.41, 5.74) is 6.21. The topological polar surface area (TPSA) is 81.9 Å². The third-order valence-corrected chi connectivity index (χ3v) is 4.40. The van der Waals surface area contributed by atoms with Gasteiger partial charge < -0.3 is 20.1 Å². The number of hydrogen-bond donors (Lipinski definition) is 1. The average molecular weight is 417 g/mol. The highest BCUT2D eigenvalue weighted by Gasteiger charge is 2.21. The molecular weight excluding hydrogens is 380 g/mol. The van der Waals surface area contributed by atoms with Gasteiger partial charge in [0.1, 0.15) is 11.9 Å². The van der Waals surface area contributed by atoms with E-state index in [0.717, 1.165) is 24.3 Å². The summed E-state index contributed by atoms with van der Waals surface area (Å²) in [6.45, 7) is 11.1. The minimum Gasteiger partial charge on any atom is -0.491 e. The summed E-state index contributed by atoms with van der Waals surface area (Å²) in [5, 5.41) is 0. The number of ether oxygens (including phenoxy) is 2. The average Bonchev–Trinajstić information content (AvgIpc) is 2.83. The minimum atomic E-state index is -0.437. The lowest BCUT2D eigenvalue weighted by Crippen LogP contribution is -2.30. The Morgan fingerprint density at radius 2 is 2.07 bits per heavy atom. The van der Waals surface area contributed by atoms with Crippen molar-refractivity contribution >= 4 is 17.5 Å². The fraction of sp³-hybridized carbons (Fsp3) is 0.500. The van der Waals surface area contributed by atoms with Gasteiger partial charge in [0.15, 0.2) is 0 Å². The van der Waals surface area contributed by atoms with Gasteiger partial charge >= 0.3 is 0 Å². The quantitative estimate of drug-likeness (QED) is 0.507. The van der Waals surface area contributed by atoms with Gasteiger partial charge in [-0.2, -0.15) is 0 Å². The van der Waals surface area contributed by atoms with Crippen molar-refractivity contribution in [3.05, 3.63) is 49.1 Å². The molecule has 1 heterocycles. The van der Waals surface area contributed by atoms with Crippen LogP contribution in [0, 0.1) is 5.41 Å². The smallest absolute Gasteiger partial charge is 0.246 e. The number of hydrogen-bond acceptors (Lipinski definition) is 4. The second-order valence-electron chi connectivity index (χ2n) is 8.19. The third kappa shape index (κ3) is 9.27. The van der Waals surface area contributed by atoms with Gasteiger partial charge in [-0.15, -0.1) is 6.58 Å². The Morgan fingerprint density at radius 1 is 1.37 bits per heavy atom. The number of rotatable bonds is 8. The van der Waals surface area contributed by atoms with Crippen LogP contribution in [0.1, 0.15) is 46.5 Å². The van der Waals surface area contributed by atoms with Gasteiger partial charge in [-0.1, -0.05) is 51.1 Å². The van der Waals surface area contributed by atoms with Crippen LogP contribution in [0.3, 0.4) is 0 Å². The second kappa shape index (κ2) is 12.9. The minimum absolute atomic E-state index is 0.0832. The van der Waals surface area contributed by atoms with Crippen LogP contribution in [0.2, 0.25) is 0 Å². The molecule has 0 bridgehead atoms. The van der Waals surface area contributed by atoms with Crippen LogP contribution in [-0.4, -0.2) is 38.2 Å². The standard InChI is InChI=1S/C12H13NO2.C12H23NO2/c1-2-8-13-10-5-3-4-6-11(10)15-9-7-12(13)14;1-12(2,3)9-7-5-6-8-10(15-4)11(13)14/h2-6H,1,7-9H2;7,9-10H,5-6,8H2,1-4H3,(H2,13,14)/b;9-7+. The SMILES string of the molecule is C=CCN1C(=O)CCOc2ccccc21.COC(CCC/C=C/C(C)(C)C)C(N)=O. The Labute approximate surface area is 180 Å². The molecule has 1 aliphatic heterocycles. The molecule has 0 spiro atoms. The highest BCUT2D eigenvalue weighted by molar-refractivity contribution is 5.95. The van der Waals surface area contributed by atoms with E-state index >= 15 is 0 Å². The van der Waals surface area contributed by atoms with Crippen molar-refractivity contribution in [3.8, 4) is 5.75 Å². The van der Waals surface area contributed by atoms with Gasteiger partial charge in [0.2, 0.25) is 11.8 Å². The molecule has 0 fully saturated rings. The van der Waals surface area contributed by atoms with E-state index in [1.807, 2.05) is 24.3 Å². The number of carbonyl (C=O) groups is 2. The molecule has 1 aliphatic rings. The number of fused-ring (bicyclic) bond motifs is 1. The first kappa shape index (κ1) is 25.4. The fourth-order valence-electron chi connectivity index (χ4n) is 2.88. The summed E-state index contributed by atoms with van der Waals surface area (Å²) in [4.78, 5) is 24.3. The first-order chi connectivity index (χ1) is 14.2. The van der Waals surface area contributed by atoms with Crippen molar-refractivity contribution in [3.63, 3.8) is 0 Å². The van der Waals surface area contributed by atoms with Crippen LogP contribution in [0.25, 0.3) is 0 Å². The molecule has 0 radical (unpaired) electrons. The van der Waals surface area contributed by atoms with E-state index < -0.39 is 6.10 Å². The zero-order valence-corrected chi connectivity index (χ0v) is 18.7. The molecule has 30 heavy (non-hydrogen) atoms. The Hall–Kier alpha value is -2.60. The molecule has 1 unspecified atom stereocenters. The van der Waals surface area contributed by atoms with E-state index in [1.54, 1.807) is 11.0 Å². The number of allylic oxidation sites excluding steroid dienone is 2. The number of unbranched alkanes of at least 4 members (excludes halogenated alkanes) is 1. The maximum Gasteiger partial charge on any atom is 0.246 e. The molecule has 6 heteroatoms. The molecule has 0 saturated heterocycles. The van der Waals surface area contributed by atoms with Crippen LogP contribution in [-0.2, 0) is 14.3 Å². The lowest BCUT2D eigenvalue weighted by Gasteiger charge is -2.19. The number of anilines is 1. The number of nitrogens with two attached hydrogens (primary N) is 1. The largest absolute Gasteiger partial charge is 0.491 e. The number of benzene rings is 1. The second-order valence-corrected chi connectivity index (χ2v) is 8.19. The van der Waals surface area contributed by atoms with Crippen molar-refractivity contribution in [2.75, 3.05) is 25.2 Å². The molecule has 0 aromatic heterocycles. The van der Waals surface area contributed by atoms with Crippen molar-refractivity contribution in [2.45, 2.75) is 52.6 Å². The van der Waals surface area contributed by atoms with Crippen LogP contribution in [0.4, 0.5) is 5.69 Å². The van der Waals surface area contributed by atoms with Crippen molar-refractivity contribution in [1.29, 1.82) is 0 Å². The molecule has 0 aliphatic carbocycles. The number of para-hydroxylation sites is 2. The summed E-state index contributed by atoms with van der Waals surface area (Å²) in [6.07, 6.45) is 8.61. The van der Waals surface area contributed by atoms with Crippen LogP contribution in [0.5, 0.6) is 5.75 Å². The van der Waals surface area contributed by atoms with E-state index in [0.29, 0.717) is 26.0 Å². The van der Waals surface area contributed by atoms with Gasteiger partial charge in [-0.25, -0.2) is 0 Å². The Kier molecular flexibility index (Phi) is 10.9. The van der Waals surface area contributed by atoms with Crippen LogP contribution < -0.4 is 15.4 Å². The summed E-state index contributed by atoms with van der Waals surface area (Å²) in [7, 11) is 1.51. The molecule has 2 N–H and O–H groups in total. The van der Waals surface area contributed by atoms with Crippen LogP contribution in [0.15, 0.2) is 49.1 Å². The summed E-state index contributed by atoms with van der Waals surface area (Å²) >= 11 is 0. The van der Waals surface area contributed by atoms with Crippen molar-refractivity contribution < 1.29 is 19.1 Å². The third-order valence-electron chi connectivity index (χ3n) is 4.40. The first-order valence-corrected chi connectivity index (χ1v) is 10.3. The van der Waals surface area contributed by atoms with E-state index in [2.05, 4.69) is 39.5 Å². The number of nitrogens with zero attached hydrogens (tertiary/aromatic N) is 1. The van der Waals surface area contributed by atoms with Crippen molar-refractivity contribution in [2.24, 2.45) is 11.1 Å². The van der Waals surface area contributed by atoms with Gasteiger partial charge in [0.25, 0.3) is 0 Å². The predicted molar refractivity (Wildman–Crippen MR) is 122 cm³/mol. The van der Waals surface area contributed by atoms with Crippen molar-refractivity contribution in [1.82, 2.24) is 0 Å². The fourth-order valence-corrected chi connectivity index (χ4v) is 2.88. The molecule has 2 rings (SSSR count). The van der Waals surface area contributed by atoms with E-state index in [9.17, 15) is 9.59 Å². The molecular formula is C24H36N2O4.